The highest BCUT2D eigenvalue weighted by molar-refractivity contribution is 7.91. The Morgan fingerprint density at radius 2 is 1.70 bits per heavy atom. The number of hydrogen-bond acceptors (Lipinski definition) is 4. The summed E-state index contributed by atoms with van der Waals surface area (Å²) in [6.45, 7) is -0.104. The summed E-state index contributed by atoms with van der Waals surface area (Å²) in [6.07, 6.45) is 3.06. The van der Waals surface area contributed by atoms with Crippen LogP contribution < -0.4 is 5.32 Å². The Bertz CT molecular complexity index is 1030. The van der Waals surface area contributed by atoms with Crippen molar-refractivity contribution in [2.75, 3.05) is 6.54 Å². The van der Waals surface area contributed by atoms with Crippen molar-refractivity contribution in [3.8, 4) is 0 Å². The summed E-state index contributed by atoms with van der Waals surface area (Å²) in [6, 6.07) is 18.1. The van der Waals surface area contributed by atoms with Crippen LogP contribution in [0.5, 0.6) is 0 Å². The lowest BCUT2D eigenvalue weighted by molar-refractivity contribution is 0.0954. The summed E-state index contributed by atoms with van der Waals surface area (Å²) in [5.41, 5.74) is 0.794. The van der Waals surface area contributed by atoms with Gasteiger partial charge in [0.2, 0.25) is 0 Å². The molecule has 0 saturated carbocycles. The van der Waals surface area contributed by atoms with Gasteiger partial charge in [-0.05, 0) is 35.9 Å². The quantitative estimate of drug-likeness (QED) is 0.684. The molecule has 3 rings (SSSR count). The highest BCUT2D eigenvalue weighted by atomic mass is 35.5. The van der Waals surface area contributed by atoms with Crippen LogP contribution in [-0.2, 0) is 9.84 Å². The minimum Gasteiger partial charge on any atom is -0.350 e. The SMILES string of the molecule is O=C(NC[C@H](c1cccnc1)S(=O)(=O)c1ccccc1)c1ccccc1Cl. The van der Waals surface area contributed by atoms with Gasteiger partial charge < -0.3 is 5.32 Å². The molecule has 0 aliphatic rings. The third-order valence-corrected chi connectivity index (χ3v) is 6.52. The highest BCUT2D eigenvalue weighted by Crippen LogP contribution is 2.28. The topological polar surface area (TPSA) is 76.1 Å². The van der Waals surface area contributed by atoms with E-state index < -0.39 is 21.0 Å². The van der Waals surface area contributed by atoms with Crippen molar-refractivity contribution in [3.05, 3.63) is 95.3 Å². The molecule has 0 aliphatic carbocycles. The first kappa shape index (κ1) is 19.1. The first-order chi connectivity index (χ1) is 13.0. The number of hydrogen-bond donors (Lipinski definition) is 1. The summed E-state index contributed by atoms with van der Waals surface area (Å²) in [4.78, 5) is 16.7. The molecule has 138 valence electrons. The van der Waals surface area contributed by atoms with Crippen LogP contribution in [0.15, 0.2) is 84.0 Å². The van der Waals surface area contributed by atoms with Gasteiger partial charge in [-0.25, -0.2) is 8.42 Å². The second kappa shape index (κ2) is 8.33. The van der Waals surface area contributed by atoms with E-state index in [9.17, 15) is 13.2 Å². The number of amides is 1. The molecule has 0 spiro atoms. The Balaban J connectivity index is 1.90. The second-order valence-electron chi connectivity index (χ2n) is 5.82. The van der Waals surface area contributed by atoms with Gasteiger partial charge in [0.1, 0.15) is 5.25 Å². The predicted molar refractivity (Wildman–Crippen MR) is 104 cm³/mol. The molecule has 1 aromatic heterocycles. The van der Waals surface area contributed by atoms with Crippen LogP contribution in [-0.4, -0.2) is 25.9 Å². The van der Waals surface area contributed by atoms with E-state index >= 15 is 0 Å². The van der Waals surface area contributed by atoms with Gasteiger partial charge in [-0.2, -0.15) is 0 Å². The Labute approximate surface area is 163 Å². The second-order valence-corrected chi connectivity index (χ2v) is 8.36. The molecule has 7 heteroatoms. The smallest absolute Gasteiger partial charge is 0.252 e. The molecule has 1 heterocycles. The zero-order valence-electron chi connectivity index (χ0n) is 14.2. The van der Waals surface area contributed by atoms with Crippen molar-refractivity contribution < 1.29 is 13.2 Å². The first-order valence-corrected chi connectivity index (χ1v) is 10.1. The van der Waals surface area contributed by atoms with Crippen LogP contribution >= 0.6 is 11.6 Å². The lowest BCUT2D eigenvalue weighted by atomic mass is 10.2. The van der Waals surface area contributed by atoms with Crippen LogP contribution in [0.4, 0.5) is 0 Å². The maximum atomic E-state index is 13.1. The Kier molecular flexibility index (Phi) is 5.88. The van der Waals surface area contributed by atoms with Crippen molar-refractivity contribution in [2.24, 2.45) is 0 Å². The summed E-state index contributed by atoms with van der Waals surface area (Å²) < 4.78 is 26.3. The molecular formula is C20H17ClN2O3S. The number of nitrogens with one attached hydrogen (secondary N) is 1. The standard InChI is InChI=1S/C20H17ClN2O3S/c21-18-11-5-4-10-17(18)20(24)23-14-19(15-7-6-12-22-13-15)27(25,26)16-8-2-1-3-9-16/h1-13,19H,14H2,(H,23,24)/t19-/m1/s1. The van der Waals surface area contributed by atoms with Gasteiger partial charge in [-0.1, -0.05) is 48.0 Å². The molecule has 3 aromatic rings. The molecule has 0 aliphatic heterocycles. The van der Waals surface area contributed by atoms with E-state index in [2.05, 4.69) is 10.3 Å². The minimum atomic E-state index is -3.73. The number of sulfone groups is 1. The van der Waals surface area contributed by atoms with Crippen LogP contribution in [0.2, 0.25) is 5.02 Å². The zero-order chi connectivity index (χ0) is 19.3. The van der Waals surface area contributed by atoms with Crippen LogP contribution in [0.25, 0.3) is 0 Å². The van der Waals surface area contributed by atoms with Gasteiger partial charge in [0, 0.05) is 18.9 Å². The molecular weight excluding hydrogens is 384 g/mol. The molecule has 0 bridgehead atoms. The van der Waals surface area contributed by atoms with Crippen molar-refractivity contribution in [3.63, 3.8) is 0 Å². The first-order valence-electron chi connectivity index (χ1n) is 8.22. The fourth-order valence-corrected chi connectivity index (χ4v) is 4.56. The molecule has 1 amide bonds. The number of pyridine rings is 1. The normalized spacial score (nSPS) is 12.3. The van der Waals surface area contributed by atoms with Crippen molar-refractivity contribution in [2.45, 2.75) is 10.1 Å². The van der Waals surface area contributed by atoms with Crippen molar-refractivity contribution in [1.29, 1.82) is 0 Å². The third-order valence-electron chi connectivity index (χ3n) is 4.07. The number of rotatable bonds is 6. The monoisotopic (exact) mass is 400 g/mol. The van der Waals surface area contributed by atoms with Crippen molar-refractivity contribution in [1.82, 2.24) is 10.3 Å². The molecule has 2 aromatic carbocycles. The average molecular weight is 401 g/mol. The molecule has 5 nitrogen and oxygen atoms in total. The Morgan fingerprint density at radius 1 is 1.00 bits per heavy atom. The third kappa shape index (κ3) is 4.35. The number of carbonyl (C=O) groups excluding carboxylic acids is 1. The molecule has 1 atom stereocenters. The molecule has 1 N–H and O–H groups in total. The van der Waals surface area contributed by atoms with E-state index in [1.54, 1.807) is 60.8 Å². The number of halogens is 1. The molecule has 0 unspecified atom stereocenters. The summed E-state index contributed by atoms with van der Waals surface area (Å²) >= 11 is 6.05. The number of nitrogens with zero attached hydrogens (tertiary/aromatic N) is 1. The van der Waals surface area contributed by atoms with Gasteiger partial charge in [0.25, 0.3) is 5.91 Å². The average Bonchev–Trinajstić information content (AvgIpc) is 2.69. The van der Waals surface area contributed by atoms with Gasteiger partial charge in [0.05, 0.1) is 15.5 Å². The zero-order valence-corrected chi connectivity index (χ0v) is 15.8. The van der Waals surface area contributed by atoms with E-state index in [0.29, 0.717) is 16.1 Å². The molecule has 0 fully saturated rings. The van der Waals surface area contributed by atoms with E-state index in [1.807, 2.05) is 0 Å². The summed E-state index contributed by atoms with van der Waals surface area (Å²) in [5, 5.41) is 2.02. The van der Waals surface area contributed by atoms with E-state index in [1.165, 1.54) is 18.3 Å². The van der Waals surface area contributed by atoms with E-state index in [0.717, 1.165) is 0 Å². The lowest BCUT2D eigenvalue weighted by Gasteiger charge is -2.19. The lowest BCUT2D eigenvalue weighted by Crippen LogP contribution is -2.32. The van der Waals surface area contributed by atoms with Crippen LogP contribution in [0, 0.1) is 0 Å². The summed E-state index contributed by atoms with van der Waals surface area (Å²) in [5.74, 6) is -0.433. The number of aromatic nitrogens is 1. The largest absolute Gasteiger partial charge is 0.350 e. The van der Waals surface area contributed by atoms with Gasteiger partial charge in [0.15, 0.2) is 9.84 Å². The van der Waals surface area contributed by atoms with Crippen LogP contribution in [0.3, 0.4) is 0 Å². The fraction of sp³-hybridized carbons (Fsp3) is 0.100. The van der Waals surface area contributed by atoms with Gasteiger partial charge in [-0.15, -0.1) is 0 Å². The Hall–Kier alpha value is -2.70. The fourth-order valence-electron chi connectivity index (χ4n) is 2.67. The maximum Gasteiger partial charge on any atom is 0.252 e. The summed E-state index contributed by atoms with van der Waals surface area (Å²) in [7, 11) is -3.73. The van der Waals surface area contributed by atoms with E-state index in [4.69, 9.17) is 11.6 Å². The van der Waals surface area contributed by atoms with E-state index in [-0.39, 0.29) is 11.4 Å². The highest BCUT2D eigenvalue weighted by Gasteiger charge is 2.30. The Morgan fingerprint density at radius 3 is 2.37 bits per heavy atom. The van der Waals surface area contributed by atoms with Crippen LogP contribution in [0.1, 0.15) is 21.2 Å². The maximum absolute atomic E-state index is 13.1. The molecule has 27 heavy (non-hydrogen) atoms. The molecule has 0 saturated heterocycles. The van der Waals surface area contributed by atoms with Gasteiger partial charge >= 0.3 is 0 Å². The number of carbonyl (C=O) groups is 1. The van der Waals surface area contributed by atoms with Gasteiger partial charge in [-0.3, -0.25) is 9.78 Å². The molecule has 0 radical (unpaired) electrons. The van der Waals surface area contributed by atoms with Crippen molar-refractivity contribution >= 4 is 27.3 Å². The predicted octanol–water partition coefficient (Wildman–Crippen LogP) is 3.68. The minimum absolute atomic E-state index is 0.104. The number of benzene rings is 2.